The van der Waals surface area contributed by atoms with E-state index in [4.69, 9.17) is 4.74 Å². The molecule has 2 aromatic rings. The third-order valence-corrected chi connectivity index (χ3v) is 6.24. The van der Waals surface area contributed by atoms with E-state index in [0.29, 0.717) is 30.0 Å². The molecule has 0 spiro atoms. The van der Waals surface area contributed by atoms with E-state index in [1.807, 2.05) is 28.0 Å². The van der Waals surface area contributed by atoms with E-state index in [9.17, 15) is 14.0 Å². The van der Waals surface area contributed by atoms with E-state index >= 15 is 0 Å². The van der Waals surface area contributed by atoms with Gasteiger partial charge < -0.3 is 14.5 Å². The van der Waals surface area contributed by atoms with Gasteiger partial charge in [-0.1, -0.05) is 18.2 Å². The van der Waals surface area contributed by atoms with Crippen LogP contribution in [-0.2, 0) is 11.2 Å². The van der Waals surface area contributed by atoms with Crippen LogP contribution in [0.5, 0.6) is 5.75 Å². The highest BCUT2D eigenvalue weighted by Crippen LogP contribution is 2.32. The standard InChI is InChI=1S/C24H27FN2O3/c1-30-21-9-3-6-18(15-21)24(29)26-12-10-22-19(16-26)7-4-11-27(22)23(28)14-17-5-2-8-20(25)13-17/h2-3,5-6,8-9,13,15,19,22H,4,7,10-12,14,16H2,1H3/t19-,22-/m1/s1. The zero-order valence-corrected chi connectivity index (χ0v) is 17.2. The van der Waals surface area contributed by atoms with Crippen LogP contribution in [0.3, 0.4) is 0 Å². The summed E-state index contributed by atoms with van der Waals surface area (Å²) in [6.07, 6.45) is 2.93. The fourth-order valence-electron chi connectivity index (χ4n) is 4.76. The van der Waals surface area contributed by atoms with E-state index in [0.717, 1.165) is 25.8 Å². The molecule has 0 unspecified atom stereocenters. The minimum atomic E-state index is -0.318. The van der Waals surface area contributed by atoms with Crippen LogP contribution in [0.25, 0.3) is 0 Å². The average molecular weight is 410 g/mol. The van der Waals surface area contributed by atoms with Crippen LogP contribution >= 0.6 is 0 Å². The van der Waals surface area contributed by atoms with E-state index in [-0.39, 0.29) is 36.0 Å². The highest BCUT2D eigenvalue weighted by Gasteiger charge is 2.39. The molecular weight excluding hydrogens is 383 g/mol. The second kappa shape index (κ2) is 8.86. The topological polar surface area (TPSA) is 49.9 Å². The molecule has 0 aliphatic carbocycles. The SMILES string of the molecule is COc1cccc(C(=O)N2CC[C@@H]3[C@H](CCCN3C(=O)Cc3cccc(F)c3)C2)c1. The van der Waals surface area contributed by atoms with Gasteiger partial charge in [-0.2, -0.15) is 0 Å². The average Bonchev–Trinajstić information content (AvgIpc) is 2.77. The third-order valence-electron chi connectivity index (χ3n) is 6.24. The van der Waals surface area contributed by atoms with Crippen molar-refractivity contribution in [1.82, 2.24) is 9.80 Å². The van der Waals surface area contributed by atoms with Crippen LogP contribution in [0.2, 0.25) is 0 Å². The molecule has 2 amide bonds. The summed E-state index contributed by atoms with van der Waals surface area (Å²) in [6.45, 7) is 2.02. The Labute approximate surface area is 176 Å². The smallest absolute Gasteiger partial charge is 0.253 e. The second-order valence-electron chi connectivity index (χ2n) is 8.14. The molecule has 5 nitrogen and oxygen atoms in total. The molecule has 4 rings (SSSR count). The van der Waals surface area contributed by atoms with Crippen LogP contribution in [0.1, 0.15) is 35.2 Å². The Kier molecular flexibility index (Phi) is 6.02. The normalized spacial score (nSPS) is 21.1. The van der Waals surface area contributed by atoms with Gasteiger partial charge in [0, 0.05) is 31.2 Å². The van der Waals surface area contributed by atoms with Crippen molar-refractivity contribution in [2.24, 2.45) is 5.92 Å². The summed E-state index contributed by atoms with van der Waals surface area (Å²) in [6, 6.07) is 13.6. The lowest BCUT2D eigenvalue weighted by atomic mass is 9.83. The molecule has 2 aliphatic heterocycles. The van der Waals surface area contributed by atoms with Gasteiger partial charge in [-0.05, 0) is 61.1 Å². The Morgan fingerprint density at radius 3 is 2.73 bits per heavy atom. The molecule has 0 radical (unpaired) electrons. The van der Waals surface area contributed by atoms with Crippen LogP contribution in [0, 0.1) is 11.7 Å². The van der Waals surface area contributed by atoms with Gasteiger partial charge in [0.2, 0.25) is 5.91 Å². The number of piperidine rings is 2. The number of nitrogens with zero attached hydrogens (tertiary/aromatic N) is 2. The first-order valence-electron chi connectivity index (χ1n) is 10.5. The number of hydrogen-bond acceptors (Lipinski definition) is 3. The lowest BCUT2D eigenvalue weighted by Gasteiger charge is -2.47. The van der Waals surface area contributed by atoms with E-state index in [1.54, 1.807) is 25.3 Å². The molecule has 2 aromatic carbocycles. The summed E-state index contributed by atoms with van der Waals surface area (Å²) in [5, 5.41) is 0. The molecule has 2 fully saturated rings. The van der Waals surface area contributed by atoms with Crippen molar-refractivity contribution in [3.8, 4) is 5.75 Å². The maximum atomic E-state index is 13.5. The van der Waals surface area contributed by atoms with Crippen molar-refractivity contribution in [3.63, 3.8) is 0 Å². The maximum Gasteiger partial charge on any atom is 0.253 e. The Hall–Kier alpha value is -2.89. The predicted molar refractivity (Wildman–Crippen MR) is 112 cm³/mol. The molecule has 2 saturated heterocycles. The summed E-state index contributed by atoms with van der Waals surface area (Å²) >= 11 is 0. The second-order valence-corrected chi connectivity index (χ2v) is 8.14. The number of hydrogen-bond donors (Lipinski definition) is 0. The molecular formula is C24H27FN2O3. The molecule has 2 heterocycles. The number of carbonyl (C=O) groups excluding carboxylic acids is 2. The van der Waals surface area contributed by atoms with Gasteiger partial charge in [0.25, 0.3) is 5.91 Å². The molecule has 6 heteroatoms. The van der Waals surface area contributed by atoms with Gasteiger partial charge in [0.1, 0.15) is 11.6 Å². The Morgan fingerprint density at radius 2 is 1.93 bits per heavy atom. The predicted octanol–water partition coefficient (Wildman–Crippen LogP) is 3.53. The highest BCUT2D eigenvalue weighted by molar-refractivity contribution is 5.94. The molecule has 2 aliphatic rings. The van der Waals surface area contributed by atoms with Gasteiger partial charge >= 0.3 is 0 Å². The first kappa shape index (κ1) is 20.4. The number of halogens is 1. The number of rotatable bonds is 4. The Morgan fingerprint density at radius 1 is 1.10 bits per heavy atom. The van der Waals surface area contributed by atoms with Crippen LogP contribution in [-0.4, -0.2) is 54.4 Å². The van der Waals surface area contributed by atoms with Crippen LogP contribution in [0.4, 0.5) is 4.39 Å². The zero-order valence-electron chi connectivity index (χ0n) is 17.2. The number of methoxy groups -OCH3 is 1. The maximum absolute atomic E-state index is 13.5. The van der Waals surface area contributed by atoms with E-state index in [2.05, 4.69) is 0 Å². The van der Waals surface area contributed by atoms with Crippen molar-refractivity contribution in [2.75, 3.05) is 26.7 Å². The lowest BCUT2D eigenvalue weighted by molar-refractivity contribution is -0.137. The lowest BCUT2D eigenvalue weighted by Crippen LogP contribution is -2.56. The number of carbonyl (C=O) groups is 2. The van der Waals surface area contributed by atoms with E-state index in [1.165, 1.54) is 12.1 Å². The number of ether oxygens (including phenoxy) is 1. The summed E-state index contributed by atoms with van der Waals surface area (Å²) in [5.41, 5.74) is 1.33. The largest absolute Gasteiger partial charge is 0.497 e. The van der Waals surface area contributed by atoms with Crippen molar-refractivity contribution >= 4 is 11.8 Å². The quantitative estimate of drug-likeness (QED) is 0.775. The molecule has 0 bridgehead atoms. The molecule has 0 aromatic heterocycles. The monoisotopic (exact) mass is 410 g/mol. The molecule has 2 atom stereocenters. The van der Waals surface area contributed by atoms with Gasteiger partial charge in [-0.15, -0.1) is 0 Å². The fourth-order valence-corrected chi connectivity index (χ4v) is 4.76. The Balaban J connectivity index is 1.42. The van der Waals surface area contributed by atoms with Gasteiger partial charge in [0.05, 0.1) is 13.5 Å². The third kappa shape index (κ3) is 4.32. The van der Waals surface area contributed by atoms with Gasteiger partial charge in [0.15, 0.2) is 0 Å². The van der Waals surface area contributed by atoms with Crippen LogP contribution in [0.15, 0.2) is 48.5 Å². The number of amides is 2. The molecule has 158 valence electrons. The summed E-state index contributed by atoms with van der Waals surface area (Å²) in [5.74, 6) is 0.681. The van der Waals surface area contributed by atoms with Gasteiger partial charge in [-0.3, -0.25) is 9.59 Å². The number of fused-ring (bicyclic) bond motifs is 1. The Bertz CT molecular complexity index is 932. The van der Waals surface area contributed by atoms with Crippen molar-refractivity contribution in [3.05, 3.63) is 65.5 Å². The van der Waals surface area contributed by atoms with Crippen molar-refractivity contribution < 1.29 is 18.7 Å². The minimum absolute atomic E-state index is 0.00978. The van der Waals surface area contributed by atoms with Crippen molar-refractivity contribution in [2.45, 2.75) is 31.7 Å². The molecule has 0 N–H and O–H groups in total. The first-order chi connectivity index (χ1) is 14.5. The van der Waals surface area contributed by atoms with Gasteiger partial charge in [-0.25, -0.2) is 4.39 Å². The summed E-state index contributed by atoms with van der Waals surface area (Å²) < 4.78 is 18.7. The van der Waals surface area contributed by atoms with Crippen LogP contribution < -0.4 is 4.74 Å². The number of benzene rings is 2. The highest BCUT2D eigenvalue weighted by atomic mass is 19.1. The van der Waals surface area contributed by atoms with E-state index < -0.39 is 0 Å². The molecule has 0 saturated carbocycles. The summed E-state index contributed by atoms with van der Waals surface area (Å²) in [4.78, 5) is 29.8. The summed E-state index contributed by atoms with van der Waals surface area (Å²) in [7, 11) is 1.59. The fraction of sp³-hybridized carbons (Fsp3) is 0.417. The first-order valence-corrected chi connectivity index (χ1v) is 10.5. The number of likely N-dealkylation sites (tertiary alicyclic amines) is 2. The van der Waals surface area contributed by atoms with Crippen molar-refractivity contribution in [1.29, 1.82) is 0 Å². The minimum Gasteiger partial charge on any atom is -0.497 e. The zero-order chi connectivity index (χ0) is 21.1. The molecule has 30 heavy (non-hydrogen) atoms.